The molecule has 0 aliphatic carbocycles. The highest BCUT2D eigenvalue weighted by Gasteiger charge is 2.25. The van der Waals surface area contributed by atoms with E-state index < -0.39 is 0 Å². The van der Waals surface area contributed by atoms with Gasteiger partial charge in [-0.3, -0.25) is 14.7 Å². The number of likely N-dealkylation sites (N-methyl/N-ethyl adjacent to an activating group) is 2. The third-order valence-electron chi connectivity index (χ3n) is 5.95. The molecule has 1 amide bonds. The molecule has 28 heavy (non-hydrogen) atoms. The van der Waals surface area contributed by atoms with Gasteiger partial charge < -0.3 is 15.1 Å². The molecule has 2 saturated heterocycles. The number of hydrogen-bond donors (Lipinski definition) is 1. The molecule has 0 spiro atoms. The number of benzene rings is 1. The Balaban J connectivity index is 1.53. The highest BCUT2D eigenvalue weighted by atomic mass is 16.2. The number of guanidine groups is 1. The summed E-state index contributed by atoms with van der Waals surface area (Å²) >= 11 is 0. The second-order valence-corrected chi connectivity index (χ2v) is 7.94. The fourth-order valence-corrected chi connectivity index (χ4v) is 4.42. The first-order chi connectivity index (χ1) is 13.6. The molecule has 1 N–H and O–H groups in total. The van der Waals surface area contributed by atoms with Crippen LogP contribution in [0.3, 0.4) is 0 Å². The van der Waals surface area contributed by atoms with E-state index in [1.807, 2.05) is 11.9 Å². The van der Waals surface area contributed by atoms with Crippen LogP contribution in [0.4, 0.5) is 0 Å². The Bertz CT molecular complexity index is 689. The number of nitrogens with one attached hydrogen (secondary N) is 1. The molecule has 1 aromatic rings. The lowest BCUT2D eigenvalue weighted by Gasteiger charge is -2.29. The molecule has 154 valence electrons. The van der Waals surface area contributed by atoms with Crippen LogP contribution in [0, 0.1) is 0 Å². The van der Waals surface area contributed by atoms with Crippen LogP contribution in [0.1, 0.15) is 43.7 Å². The molecule has 1 unspecified atom stereocenters. The van der Waals surface area contributed by atoms with Crippen LogP contribution >= 0.6 is 0 Å². The Kier molecular flexibility index (Phi) is 7.31. The molecule has 3 rings (SSSR count). The van der Waals surface area contributed by atoms with Crippen LogP contribution in [0.15, 0.2) is 29.3 Å². The maximum absolute atomic E-state index is 11.9. The summed E-state index contributed by atoms with van der Waals surface area (Å²) in [6.07, 6.45) is 4.25. The summed E-state index contributed by atoms with van der Waals surface area (Å²) in [5.74, 6) is 1.21. The van der Waals surface area contributed by atoms with Gasteiger partial charge in [-0.1, -0.05) is 31.2 Å². The molecule has 0 bridgehead atoms. The molecular weight excluding hydrogens is 350 g/mol. The zero-order valence-electron chi connectivity index (χ0n) is 17.7. The molecule has 6 nitrogen and oxygen atoms in total. The standard InChI is InChI=1S/C22H35N5O/c1-4-26-12-6-10-20(26)17-25(3)22(23-2)24-15-18-8-5-9-19(14-18)16-27-13-7-11-21(27)28/h5,8-9,14,20H,4,6-7,10-13,15-17H2,1-3H3,(H,23,24). The Morgan fingerprint density at radius 3 is 2.82 bits per heavy atom. The minimum absolute atomic E-state index is 0.276. The van der Waals surface area contributed by atoms with Crippen molar-refractivity contribution in [1.29, 1.82) is 0 Å². The van der Waals surface area contributed by atoms with Gasteiger partial charge in [-0.2, -0.15) is 0 Å². The van der Waals surface area contributed by atoms with Crippen molar-refractivity contribution in [1.82, 2.24) is 20.0 Å². The monoisotopic (exact) mass is 385 g/mol. The third kappa shape index (κ3) is 5.25. The molecule has 2 aliphatic heterocycles. The van der Waals surface area contributed by atoms with Crippen molar-refractivity contribution < 1.29 is 4.79 Å². The molecular formula is C22H35N5O. The van der Waals surface area contributed by atoms with Crippen LogP contribution in [0.5, 0.6) is 0 Å². The fourth-order valence-electron chi connectivity index (χ4n) is 4.42. The van der Waals surface area contributed by atoms with Crippen LogP contribution in [-0.2, 0) is 17.9 Å². The number of hydrogen-bond acceptors (Lipinski definition) is 3. The van der Waals surface area contributed by atoms with Gasteiger partial charge in [-0.05, 0) is 43.5 Å². The van der Waals surface area contributed by atoms with Crippen molar-refractivity contribution in [3.63, 3.8) is 0 Å². The number of carbonyl (C=O) groups excluding carboxylic acids is 1. The zero-order chi connectivity index (χ0) is 19.9. The van der Waals surface area contributed by atoms with E-state index in [1.54, 1.807) is 0 Å². The van der Waals surface area contributed by atoms with Crippen molar-refractivity contribution in [2.75, 3.05) is 40.3 Å². The predicted octanol–water partition coefficient (Wildman–Crippen LogP) is 2.30. The van der Waals surface area contributed by atoms with E-state index in [0.29, 0.717) is 12.5 Å². The lowest BCUT2D eigenvalue weighted by Crippen LogP contribution is -2.45. The molecule has 0 radical (unpaired) electrons. The number of amides is 1. The quantitative estimate of drug-likeness (QED) is 0.578. The van der Waals surface area contributed by atoms with E-state index in [4.69, 9.17) is 0 Å². The van der Waals surface area contributed by atoms with Gasteiger partial charge in [0.15, 0.2) is 5.96 Å². The average molecular weight is 386 g/mol. The van der Waals surface area contributed by atoms with Crippen LogP contribution in [-0.4, -0.2) is 72.9 Å². The number of carbonyl (C=O) groups is 1. The van der Waals surface area contributed by atoms with Crippen molar-refractivity contribution in [2.24, 2.45) is 4.99 Å². The predicted molar refractivity (Wildman–Crippen MR) is 114 cm³/mol. The van der Waals surface area contributed by atoms with Crippen LogP contribution in [0.25, 0.3) is 0 Å². The normalized spacial score (nSPS) is 20.8. The second kappa shape index (κ2) is 9.92. The largest absolute Gasteiger partial charge is 0.352 e. The van der Waals surface area contributed by atoms with Crippen LogP contribution < -0.4 is 5.32 Å². The summed E-state index contributed by atoms with van der Waals surface area (Å²) in [6, 6.07) is 9.13. The Labute approximate surface area is 169 Å². The summed E-state index contributed by atoms with van der Waals surface area (Å²) in [6.45, 7) is 7.92. The minimum Gasteiger partial charge on any atom is -0.352 e. The first kappa shape index (κ1) is 20.6. The van der Waals surface area contributed by atoms with Gasteiger partial charge in [0.1, 0.15) is 0 Å². The molecule has 0 saturated carbocycles. The Hall–Kier alpha value is -2.08. The number of rotatable bonds is 7. The van der Waals surface area contributed by atoms with E-state index in [0.717, 1.165) is 45.1 Å². The zero-order valence-corrected chi connectivity index (χ0v) is 17.7. The van der Waals surface area contributed by atoms with Gasteiger partial charge in [0.05, 0.1) is 0 Å². The second-order valence-electron chi connectivity index (χ2n) is 7.94. The van der Waals surface area contributed by atoms with Crippen molar-refractivity contribution in [2.45, 2.75) is 51.7 Å². The third-order valence-corrected chi connectivity index (χ3v) is 5.95. The summed E-state index contributed by atoms with van der Waals surface area (Å²) < 4.78 is 0. The number of likely N-dealkylation sites (tertiary alicyclic amines) is 2. The lowest BCUT2D eigenvalue weighted by atomic mass is 10.1. The van der Waals surface area contributed by atoms with Crippen molar-refractivity contribution in [3.8, 4) is 0 Å². The summed E-state index contributed by atoms with van der Waals surface area (Å²) in [5.41, 5.74) is 2.41. The fraction of sp³-hybridized carbons (Fsp3) is 0.636. The van der Waals surface area contributed by atoms with Crippen LogP contribution in [0.2, 0.25) is 0 Å². The van der Waals surface area contributed by atoms with Gasteiger partial charge in [0.25, 0.3) is 0 Å². The van der Waals surface area contributed by atoms with Gasteiger partial charge in [-0.15, -0.1) is 0 Å². The topological polar surface area (TPSA) is 51.2 Å². The highest BCUT2D eigenvalue weighted by molar-refractivity contribution is 5.79. The van der Waals surface area contributed by atoms with Gasteiger partial charge in [0, 0.05) is 52.7 Å². The van der Waals surface area contributed by atoms with E-state index in [2.05, 4.69) is 58.3 Å². The number of aliphatic imine (C=N–C) groups is 1. The molecule has 2 aliphatic rings. The minimum atomic E-state index is 0.276. The van der Waals surface area contributed by atoms with Gasteiger partial charge in [-0.25, -0.2) is 0 Å². The Morgan fingerprint density at radius 2 is 2.11 bits per heavy atom. The van der Waals surface area contributed by atoms with E-state index in [-0.39, 0.29) is 5.91 Å². The summed E-state index contributed by atoms with van der Waals surface area (Å²) in [4.78, 5) is 23.1. The van der Waals surface area contributed by atoms with Gasteiger partial charge in [0.2, 0.25) is 5.91 Å². The SMILES string of the molecule is CCN1CCCC1CN(C)C(=NC)NCc1cccc(CN2CCCC2=O)c1. The summed E-state index contributed by atoms with van der Waals surface area (Å²) in [7, 11) is 3.97. The van der Waals surface area contributed by atoms with Crippen molar-refractivity contribution in [3.05, 3.63) is 35.4 Å². The molecule has 0 aromatic heterocycles. The average Bonchev–Trinajstić information content (AvgIpc) is 3.31. The summed E-state index contributed by atoms with van der Waals surface area (Å²) in [5, 5.41) is 3.50. The molecule has 6 heteroatoms. The Morgan fingerprint density at radius 1 is 1.29 bits per heavy atom. The molecule has 2 fully saturated rings. The first-order valence-electron chi connectivity index (χ1n) is 10.6. The maximum Gasteiger partial charge on any atom is 0.222 e. The number of nitrogens with zero attached hydrogens (tertiary/aromatic N) is 4. The van der Waals surface area contributed by atoms with E-state index >= 15 is 0 Å². The molecule has 2 heterocycles. The molecule has 1 aromatic carbocycles. The van der Waals surface area contributed by atoms with Crippen molar-refractivity contribution >= 4 is 11.9 Å². The highest BCUT2D eigenvalue weighted by Crippen LogP contribution is 2.18. The molecule has 1 atom stereocenters. The smallest absolute Gasteiger partial charge is 0.222 e. The van der Waals surface area contributed by atoms with Gasteiger partial charge >= 0.3 is 0 Å². The maximum atomic E-state index is 11.9. The van der Waals surface area contributed by atoms with E-state index in [1.165, 1.54) is 30.5 Å². The lowest BCUT2D eigenvalue weighted by molar-refractivity contribution is -0.128. The first-order valence-corrected chi connectivity index (χ1v) is 10.6. The van der Waals surface area contributed by atoms with E-state index in [9.17, 15) is 4.79 Å².